The van der Waals surface area contributed by atoms with E-state index >= 15 is 0 Å². The Bertz CT molecular complexity index is 788. The van der Waals surface area contributed by atoms with Gasteiger partial charge in [-0.15, -0.1) is 11.8 Å². The molecule has 0 saturated carbocycles. The van der Waals surface area contributed by atoms with Gasteiger partial charge in [-0.2, -0.15) is 0 Å². The van der Waals surface area contributed by atoms with Crippen LogP contribution >= 0.6 is 11.8 Å². The van der Waals surface area contributed by atoms with Crippen LogP contribution in [0.4, 0.5) is 0 Å². The largest absolute Gasteiger partial charge is 0.631 e. The number of nitrogens with zero attached hydrogens (tertiary/aromatic N) is 1. The van der Waals surface area contributed by atoms with Crippen molar-refractivity contribution in [3.8, 4) is 5.75 Å². The molecule has 8 N–H and O–H groups in total. The summed E-state index contributed by atoms with van der Waals surface area (Å²) in [7, 11) is -2.17. The van der Waals surface area contributed by atoms with Gasteiger partial charge >= 0.3 is 13.3 Å². The first kappa shape index (κ1) is 23.0. The highest BCUT2D eigenvalue weighted by Crippen LogP contribution is 2.50. The van der Waals surface area contributed by atoms with Crippen molar-refractivity contribution in [1.82, 2.24) is 10.2 Å². The Morgan fingerprint density at radius 1 is 1.24 bits per heavy atom. The van der Waals surface area contributed by atoms with Gasteiger partial charge < -0.3 is 41.2 Å². The second kappa shape index (κ2) is 8.59. The van der Waals surface area contributed by atoms with Crippen molar-refractivity contribution < 1.29 is 39.7 Å². The minimum atomic E-state index is -2.17. The highest BCUT2D eigenvalue weighted by atomic mass is 32.2. The summed E-state index contributed by atoms with van der Waals surface area (Å²) >= 11 is 1.35. The Hall–Kier alpha value is -2.32. The van der Waals surface area contributed by atoms with Gasteiger partial charge in [0.05, 0.1) is 0 Å². The number of nitrogens with one attached hydrogen (secondary N) is 1. The molecule has 0 aromatic heterocycles. The summed E-state index contributed by atoms with van der Waals surface area (Å²) in [6, 6.07) is 3.21. The van der Waals surface area contributed by atoms with Crippen molar-refractivity contribution in [2.75, 3.05) is 0 Å². The molecule has 1 aromatic carbocycles. The molecule has 4 atom stereocenters. The topological polar surface area (TPSA) is 194 Å². The van der Waals surface area contributed by atoms with Crippen LogP contribution in [0.5, 0.6) is 5.75 Å². The number of benzene rings is 1. The highest BCUT2D eigenvalue weighted by Gasteiger charge is 2.64. The van der Waals surface area contributed by atoms with Gasteiger partial charge in [-0.05, 0) is 31.5 Å². The molecule has 0 bridgehead atoms. The molecule has 2 aliphatic rings. The molecule has 0 radical (unpaired) electrons. The van der Waals surface area contributed by atoms with Gasteiger partial charge in [0.1, 0.15) is 29.2 Å². The molecule has 0 unspecified atom stereocenters. The van der Waals surface area contributed by atoms with Crippen LogP contribution in [-0.4, -0.2) is 77.5 Å². The number of phenolic OH excluding ortho intramolecular Hbond substituents is 1. The SMILES string of the molecule is CC1(C)S[C@@H]2[C@H](NC(=O)[C@H](N)c3ccc(O)cc3)C(=O)N2[C@H]1C(=O)O.OB(O)O. The molecular formula is C16H22BN3O8S. The summed E-state index contributed by atoms with van der Waals surface area (Å²) in [6.45, 7) is 3.53. The van der Waals surface area contributed by atoms with Crippen molar-refractivity contribution in [1.29, 1.82) is 0 Å². The lowest BCUT2D eigenvalue weighted by atomic mass is 9.95. The predicted octanol–water partition coefficient (Wildman–Crippen LogP) is -2.03. The molecule has 2 fully saturated rings. The first-order chi connectivity index (χ1) is 13.4. The van der Waals surface area contributed by atoms with E-state index in [1.54, 1.807) is 13.8 Å². The summed E-state index contributed by atoms with van der Waals surface area (Å²) in [5, 5.41) is 42.4. The van der Waals surface area contributed by atoms with Gasteiger partial charge in [0.25, 0.3) is 0 Å². The van der Waals surface area contributed by atoms with Crippen LogP contribution in [0.1, 0.15) is 25.5 Å². The molecule has 0 spiro atoms. The number of carbonyl (C=O) groups is 3. The monoisotopic (exact) mass is 427 g/mol. The number of phenols is 1. The summed E-state index contributed by atoms with van der Waals surface area (Å²) in [5.74, 6) is -1.94. The number of fused-ring (bicyclic) bond motifs is 1. The number of hydrogen-bond donors (Lipinski definition) is 7. The molecule has 1 aromatic rings. The quantitative estimate of drug-likeness (QED) is 0.208. The number of amides is 2. The average Bonchev–Trinajstić information content (AvgIpc) is 2.87. The number of aromatic hydroxyl groups is 1. The lowest BCUT2D eigenvalue weighted by Gasteiger charge is -2.43. The molecule has 2 aliphatic heterocycles. The second-order valence-corrected chi connectivity index (χ2v) is 8.77. The van der Waals surface area contributed by atoms with E-state index in [0.717, 1.165) is 0 Å². The minimum Gasteiger partial charge on any atom is -0.508 e. The van der Waals surface area contributed by atoms with Crippen LogP contribution in [0.15, 0.2) is 24.3 Å². The standard InChI is InChI=1S/C16H19N3O5S.BH3O3/c1-16(2)11(15(23)24)19-13(22)10(14(19)25-16)18-12(21)9(17)7-3-5-8(20)6-4-7;2-1(3)4/h3-6,9-11,14,20H,17H2,1-2H3,(H,18,21)(H,23,24);2-4H/t9-,10-,11+,14-;/m1./s1. The van der Waals surface area contributed by atoms with E-state index in [9.17, 15) is 24.6 Å². The van der Waals surface area contributed by atoms with Gasteiger partial charge in [0.2, 0.25) is 11.8 Å². The van der Waals surface area contributed by atoms with Gasteiger partial charge in [-0.1, -0.05) is 12.1 Å². The number of nitrogens with two attached hydrogens (primary N) is 1. The number of thioether (sulfide) groups is 1. The molecular weight excluding hydrogens is 405 g/mol. The summed E-state index contributed by atoms with van der Waals surface area (Å²) < 4.78 is -0.648. The molecule has 0 aliphatic carbocycles. The van der Waals surface area contributed by atoms with Crippen molar-refractivity contribution in [2.45, 2.75) is 42.1 Å². The third-order valence-electron chi connectivity index (χ3n) is 4.51. The predicted molar refractivity (Wildman–Crippen MR) is 103 cm³/mol. The van der Waals surface area contributed by atoms with Crippen LogP contribution in [-0.2, 0) is 14.4 Å². The van der Waals surface area contributed by atoms with E-state index in [2.05, 4.69) is 5.32 Å². The van der Waals surface area contributed by atoms with E-state index in [1.807, 2.05) is 0 Å². The summed E-state index contributed by atoms with van der Waals surface area (Å²) in [6.07, 6.45) is 0. The normalized spacial score (nSPS) is 25.1. The third-order valence-corrected chi connectivity index (χ3v) is 6.08. The molecule has 13 heteroatoms. The Labute approximate surface area is 170 Å². The van der Waals surface area contributed by atoms with E-state index in [4.69, 9.17) is 20.8 Å². The molecule has 11 nitrogen and oxygen atoms in total. The zero-order valence-electron chi connectivity index (χ0n) is 15.6. The number of hydrogen-bond acceptors (Lipinski definition) is 9. The van der Waals surface area contributed by atoms with Crippen LogP contribution in [0, 0.1) is 0 Å². The third kappa shape index (κ3) is 4.82. The first-order valence-corrected chi connectivity index (χ1v) is 9.36. The van der Waals surface area contributed by atoms with Crippen molar-refractivity contribution in [3.63, 3.8) is 0 Å². The Kier molecular flexibility index (Phi) is 6.80. The maximum absolute atomic E-state index is 12.3. The van der Waals surface area contributed by atoms with Gasteiger partial charge in [0.15, 0.2) is 0 Å². The van der Waals surface area contributed by atoms with Crippen LogP contribution in [0.25, 0.3) is 0 Å². The summed E-state index contributed by atoms with van der Waals surface area (Å²) in [4.78, 5) is 37.5. The Balaban J connectivity index is 0.000000687. The fourth-order valence-electron chi connectivity index (χ4n) is 3.22. The molecule has 29 heavy (non-hydrogen) atoms. The molecule has 2 saturated heterocycles. The zero-order valence-corrected chi connectivity index (χ0v) is 16.4. The zero-order chi connectivity index (χ0) is 22.1. The highest BCUT2D eigenvalue weighted by molar-refractivity contribution is 8.01. The van der Waals surface area contributed by atoms with Gasteiger partial charge in [-0.3, -0.25) is 9.59 Å². The number of carbonyl (C=O) groups excluding carboxylic acids is 2. The smallest absolute Gasteiger partial charge is 0.508 e. The van der Waals surface area contributed by atoms with Crippen LogP contribution in [0.2, 0.25) is 0 Å². The Morgan fingerprint density at radius 3 is 2.24 bits per heavy atom. The molecule has 2 heterocycles. The molecule has 3 rings (SSSR count). The number of carboxylic acids is 1. The van der Waals surface area contributed by atoms with E-state index in [1.165, 1.54) is 40.9 Å². The number of rotatable bonds is 4. The van der Waals surface area contributed by atoms with Crippen molar-refractivity contribution >= 4 is 36.9 Å². The fourth-order valence-corrected chi connectivity index (χ4v) is 4.85. The first-order valence-electron chi connectivity index (χ1n) is 8.48. The lowest BCUT2D eigenvalue weighted by molar-refractivity contribution is -0.161. The van der Waals surface area contributed by atoms with Gasteiger partial charge in [-0.25, -0.2) is 4.79 Å². The fraction of sp³-hybridized carbons (Fsp3) is 0.438. The van der Waals surface area contributed by atoms with Gasteiger partial charge in [0, 0.05) is 4.75 Å². The minimum absolute atomic E-state index is 0.0606. The summed E-state index contributed by atoms with van der Waals surface area (Å²) in [5.41, 5.74) is 6.41. The van der Waals surface area contributed by atoms with E-state index in [0.29, 0.717) is 5.56 Å². The molecule has 2 amide bonds. The van der Waals surface area contributed by atoms with Crippen LogP contribution < -0.4 is 11.1 Å². The Morgan fingerprint density at radius 2 is 1.76 bits per heavy atom. The second-order valence-electron chi connectivity index (χ2n) is 7.00. The lowest BCUT2D eigenvalue weighted by Crippen LogP contribution is -2.71. The maximum Gasteiger partial charge on any atom is 0.631 e. The van der Waals surface area contributed by atoms with Crippen molar-refractivity contribution in [2.24, 2.45) is 5.73 Å². The average molecular weight is 427 g/mol. The van der Waals surface area contributed by atoms with E-state index in [-0.39, 0.29) is 5.75 Å². The number of β-lactam (4-membered cyclic amide) rings is 1. The maximum atomic E-state index is 12.3. The van der Waals surface area contributed by atoms with Crippen LogP contribution in [0.3, 0.4) is 0 Å². The van der Waals surface area contributed by atoms with Crippen molar-refractivity contribution in [3.05, 3.63) is 29.8 Å². The number of aliphatic carboxylic acids is 1. The number of carboxylic acid groups (broad SMARTS) is 1. The van der Waals surface area contributed by atoms with E-state index < -0.39 is 53.4 Å². The molecule has 158 valence electrons.